The van der Waals surface area contributed by atoms with E-state index in [1.807, 2.05) is 13.8 Å². The lowest BCUT2D eigenvalue weighted by Gasteiger charge is -2.21. The number of aliphatic hydroxyl groups excluding tert-OH is 1. The van der Waals surface area contributed by atoms with Crippen LogP contribution in [0.15, 0.2) is 36.4 Å². The molecule has 0 aliphatic carbocycles. The molecule has 0 aromatic heterocycles. The van der Waals surface area contributed by atoms with Crippen molar-refractivity contribution in [1.29, 1.82) is 0 Å². The zero-order chi connectivity index (χ0) is 21.4. The molecule has 0 fully saturated rings. The Labute approximate surface area is 172 Å². The molecule has 2 aromatic carbocycles. The molecule has 0 saturated heterocycles. The average Bonchev–Trinajstić information content (AvgIpc) is 2.69. The van der Waals surface area contributed by atoms with Gasteiger partial charge in [-0.3, -0.25) is 4.79 Å². The molecular formula is C23H32N2O4. The SMILES string of the molecule is CCOC(=O)CNc1cc(C)c(CCN[C@@H](C)[C@@H](O)c2ccc(O)cc2)cc1C. The highest BCUT2D eigenvalue weighted by Gasteiger charge is 2.16. The Bertz CT molecular complexity index is 805. The number of rotatable bonds is 10. The summed E-state index contributed by atoms with van der Waals surface area (Å²) in [5, 5.41) is 26.3. The highest BCUT2D eigenvalue weighted by molar-refractivity contribution is 5.75. The van der Waals surface area contributed by atoms with Gasteiger partial charge in [0.05, 0.1) is 12.7 Å². The number of hydrogen-bond acceptors (Lipinski definition) is 6. The second kappa shape index (κ2) is 10.8. The molecule has 6 heteroatoms. The summed E-state index contributed by atoms with van der Waals surface area (Å²) >= 11 is 0. The maximum Gasteiger partial charge on any atom is 0.325 e. The van der Waals surface area contributed by atoms with Crippen molar-refractivity contribution in [3.05, 3.63) is 58.7 Å². The number of anilines is 1. The number of aliphatic hydroxyl groups is 1. The van der Waals surface area contributed by atoms with Gasteiger partial charge in [-0.05, 0) is 81.1 Å². The van der Waals surface area contributed by atoms with Gasteiger partial charge in [0.1, 0.15) is 12.3 Å². The number of aryl methyl sites for hydroxylation is 2. The smallest absolute Gasteiger partial charge is 0.325 e. The number of phenolic OH excluding ortho intramolecular Hbond substituents is 1. The Hall–Kier alpha value is -2.57. The van der Waals surface area contributed by atoms with Crippen LogP contribution in [-0.4, -0.2) is 41.9 Å². The minimum absolute atomic E-state index is 0.119. The van der Waals surface area contributed by atoms with Crippen LogP contribution < -0.4 is 10.6 Å². The third-order valence-corrected chi connectivity index (χ3v) is 4.98. The zero-order valence-electron chi connectivity index (χ0n) is 17.7. The fourth-order valence-corrected chi connectivity index (χ4v) is 3.22. The monoisotopic (exact) mass is 400 g/mol. The van der Waals surface area contributed by atoms with Gasteiger partial charge in [0.25, 0.3) is 0 Å². The zero-order valence-corrected chi connectivity index (χ0v) is 17.7. The number of phenols is 1. The number of benzene rings is 2. The van der Waals surface area contributed by atoms with Crippen molar-refractivity contribution in [2.24, 2.45) is 0 Å². The Morgan fingerprint density at radius 2 is 1.83 bits per heavy atom. The number of aromatic hydroxyl groups is 1. The molecule has 6 nitrogen and oxygen atoms in total. The lowest BCUT2D eigenvalue weighted by molar-refractivity contribution is -0.140. The van der Waals surface area contributed by atoms with Crippen molar-refractivity contribution in [3.8, 4) is 5.75 Å². The summed E-state index contributed by atoms with van der Waals surface area (Å²) < 4.78 is 4.95. The molecule has 0 amide bonds. The van der Waals surface area contributed by atoms with Crippen LogP contribution in [-0.2, 0) is 16.0 Å². The van der Waals surface area contributed by atoms with E-state index in [0.717, 1.165) is 35.3 Å². The van der Waals surface area contributed by atoms with Gasteiger partial charge >= 0.3 is 5.97 Å². The van der Waals surface area contributed by atoms with Crippen LogP contribution in [0.3, 0.4) is 0 Å². The largest absolute Gasteiger partial charge is 0.508 e. The minimum atomic E-state index is -0.645. The van der Waals surface area contributed by atoms with Crippen LogP contribution in [0.25, 0.3) is 0 Å². The molecule has 0 aliphatic rings. The predicted molar refractivity (Wildman–Crippen MR) is 115 cm³/mol. The fraction of sp³-hybridized carbons (Fsp3) is 0.435. The number of carbonyl (C=O) groups excluding carboxylic acids is 1. The maximum atomic E-state index is 11.5. The van der Waals surface area contributed by atoms with E-state index in [0.29, 0.717) is 6.61 Å². The van der Waals surface area contributed by atoms with Crippen molar-refractivity contribution in [2.75, 3.05) is 25.0 Å². The number of esters is 1. The van der Waals surface area contributed by atoms with E-state index in [9.17, 15) is 15.0 Å². The molecular weight excluding hydrogens is 368 g/mol. The Kier molecular flexibility index (Phi) is 8.49. The van der Waals surface area contributed by atoms with Gasteiger partial charge in [-0.1, -0.05) is 18.2 Å². The number of ether oxygens (including phenoxy) is 1. The normalized spacial score (nSPS) is 13.0. The molecule has 2 rings (SSSR count). The summed E-state index contributed by atoms with van der Waals surface area (Å²) in [5.74, 6) is -0.0772. The van der Waals surface area contributed by atoms with Gasteiger partial charge in [-0.15, -0.1) is 0 Å². The van der Waals surface area contributed by atoms with Crippen molar-refractivity contribution in [1.82, 2.24) is 5.32 Å². The number of nitrogens with one attached hydrogen (secondary N) is 2. The second-order valence-electron chi connectivity index (χ2n) is 7.28. The predicted octanol–water partition coefficient (Wildman–Crippen LogP) is 3.24. The highest BCUT2D eigenvalue weighted by Crippen LogP contribution is 2.22. The van der Waals surface area contributed by atoms with Crippen LogP contribution >= 0.6 is 0 Å². The fourth-order valence-electron chi connectivity index (χ4n) is 3.22. The minimum Gasteiger partial charge on any atom is -0.508 e. The second-order valence-corrected chi connectivity index (χ2v) is 7.28. The van der Waals surface area contributed by atoms with Gasteiger partial charge in [0.15, 0.2) is 0 Å². The van der Waals surface area contributed by atoms with Crippen molar-refractivity contribution < 1.29 is 19.7 Å². The summed E-state index contributed by atoms with van der Waals surface area (Å²) in [6.45, 7) is 9.07. The molecule has 0 heterocycles. The molecule has 0 unspecified atom stereocenters. The molecule has 29 heavy (non-hydrogen) atoms. The number of hydrogen-bond donors (Lipinski definition) is 4. The third-order valence-electron chi connectivity index (χ3n) is 4.98. The van der Waals surface area contributed by atoms with Crippen molar-refractivity contribution >= 4 is 11.7 Å². The Morgan fingerprint density at radius 1 is 1.14 bits per heavy atom. The topological polar surface area (TPSA) is 90.8 Å². The summed E-state index contributed by atoms with van der Waals surface area (Å²) in [5.41, 5.74) is 5.15. The molecule has 2 aromatic rings. The standard InChI is InChI=1S/C23H32N2O4/c1-5-29-22(27)14-25-21-13-15(2)19(12-16(21)3)10-11-24-17(4)23(28)18-6-8-20(26)9-7-18/h6-9,12-13,17,23-26,28H,5,10-11,14H2,1-4H3/t17-,23+/m0/s1. The van der Waals surface area contributed by atoms with Crippen molar-refractivity contribution in [2.45, 2.75) is 46.3 Å². The van der Waals surface area contributed by atoms with Crippen LogP contribution in [0.4, 0.5) is 5.69 Å². The summed E-state index contributed by atoms with van der Waals surface area (Å²) in [6, 6.07) is 10.7. The van der Waals surface area contributed by atoms with Crippen LogP contribution in [0, 0.1) is 13.8 Å². The first-order valence-electron chi connectivity index (χ1n) is 10.0. The quantitative estimate of drug-likeness (QED) is 0.458. The average molecular weight is 401 g/mol. The van der Waals surface area contributed by atoms with Gasteiger partial charge in [-0.2, -0.15) is 0 Å². The lowest BCUT2D eigenvalue weighted by Crippen LogP contribution is -2.33. The Balaban J connectivity index is 1.89. The third kappa shape index (κ3) is 6.76. The first kappa shape index (κ1) is 22.7. The molecule has 0 saturated carbocycles. The number of carbonyl (C=O) groups is 1. The maximum absolute atomic E-state index is 11.5. The summed E-state index contributed by atoms with van der Waals surface area (Å²) in [4.78, 5) is 11.5. The van der Waals surface area contributed by atoms with Gasteiger partial charge in [0.2, 0.25) is 0 Å². The molecule has 158 valence electrons. The van der Waals surface area contributed by atoms with Gasteiger partial charge in [0, 0.05) is 11.7 Å². The molecule has 0 aliphatic heterocycles. The Morgan fingerprint density at radius 3 is 2.48 bits per heavy atom. The van der Waals surface area contributed by atoms with E-state index in [2.05, 4.69) is 29.7 Å². The van der Waals surface area contributed by atoms with E-state index in [1.54, 1.807) is 31.2 Å². The molecule has 0 bridgehead atoms. The van der Waals surface area contributed by atoms with E-state index >= 15 is 0 Å². The van der Waals surface area contributed by atoms with E-state index in [1.165, 1.54) is 5.56 Å². The first-order chi connectivity index (χ1) is 13.8. The van der Waals surface area contributed by atoms with Crippen LogP contribution in [0.1, 0.15) is 42.2 Å². The van der Waals surface area contributed by atoms with E-state index in [4.69, 9.17) is 4.74 Å². The van der Waals surface area contributed by atoms with Gasteiger partial charge < -0.3 is 25.6 Å². The summed E-state index contributed by atoms with van der Waals surface area (Å²) in [6.07, 6.45) is 0.185. The van der Waals surface area contributed by atoms with Crippen molar-refractivity contribution in [3.63, 3.8) is 0 Å². The molecule has 0 radical (unpaired) electrons. The molecule has 2 atom stereocenters. The van der Waals surface area contributed by atoms with Gasteiger partial charge in [-0.25, -0.2) is 0 Å². The van der Waals surface area contributed by atoms with E-state index < -0.39 is 6.10 Å². The molecule has 4 N–H and O–H groups in total. The van der Waals surface area contributed by atoms with E-state index in [-0.39, 0.29) is 24.3 Å². The highest BCUT2D eigenvalue weighted by atomic mass is 16.5. The van der Waals surface area contributed by atoms with Crippen LogP contribution in [0.5, 0.6) is 5.75 Å². The lowest BCUT2D eigenvalue weighted by atomic mass is 10.00. The molecule has 0 spiro atoms. The summed E-state index contributed by atoms with van der Waals surface area (Å²) in [7, 11) is 0. The van der Waals surface area contributed by atoms with Crippen LogP contribution in [0.2, 0.25) is 0 Å². The first-order valence-corrected chi connectivity index (χ1v) is 10.0.